The molecule has 0 aliphatic heterocycles. The predicted molar refractivity (Wildman–Crippen MR) is 130 cm³/mol. The molecule has 2 amide bonds. The predicted octanol–water partition coefficient (Wildman–Crippen LogP) is 5.43. The number of carbonyl (C=O) groups is 2. The summed E-state index contributed by atoms with van der Waals surface area (Å²) in [6, 6.07) is 25.9. The molecule has 4 aromatic rings. The third kappa shape index (κ3) is 5.13. The van der Waals surface area contributed by atoms with Crippen molar-refractivity contribution in [3.63, 3.8) is 0 Å². The molecular formula is C27H24N2O4. The van der Waals surface area contributed by atoms with Gasteiger partial charge in [-0.2, -0.15) is 0 Å². The average molecular weight is 440 g/mol. The third-order valence-corrected chi connectivity index (χ3v) is 5.23. The summed E-state index contributed by atoms with van der Waals surface area (Å²) < 4.78 is 11.1. The number of ether oxygens (including phenoxy) is 2. The molecular weight excluding hydrogens is 416 g/mol. The van der Waals surface area contributed by atoms with E-state index in [4.69, 9.17) is 9.47 Å². The van der Waals surface area contributed by atoms with E-state index >= 15 is 0 Å². The van der Waals surface area contributed by atoms with Crippen LogP contribution in [-0.4, -0.2) is 25.5 Å². The van der Waals surface area contributed by atoms with Gasteiger partial charge in [0, 0.05) is 5.69 Å². The van der Waals surface area contributed by atoms with Gasteiger partial charge in [0.05, 0.1) is 18.4 Å². The number of hydrogen-bond acceptors (Lipinski definition) is 4. The van der Waals surface area contributed by atoms with Gasteiger partial charge in [-0.25, -0.2) is 0 Å². The molecule has 0 aromatic heterocycles. The van der Waals surface area contributed by atoms with Gasteiger partial charge in [0.15, 0.2) is 6.61 Å². The first-order chi connectivity index (χ1) is 16.0. The van der Waals surface area contributed by atoms with E-state index in [1.807, 2.05) is 61.5 Å². The Balaban J connectivity index is 1.57. The molecule has 4 aromatic carbocycles. The third-order valence-electron chi connectivity index (χ3n) is 5.23. The van der Waals surface area contributed by atoms with Gasteiger partial charge >= 0.3 is 0 Å². The van der Waals surface area contributed by atoms with Gasteiger partial charge in [0.2, 0.25) is 0 Å². The number of aryl methyl sites for hydroxylation is 1. The molecule has 0 spiro atoms. The van der Waals surface area contributed by atoms with Crippen molar-refractivity contribution in [1.82, 2.24) is 0 Å². The molecule has 2 N–H and O–H groups in total. The van der Waals surface area contributed by atoms with E-state index in [0.29, 0.717) is 22.7 Å². The van der Waals surface area contributed by atoms with Crippen molar-refractivity contribution in [3.05, 3.63) is 96.1 Å². The summed E-state index contributed by atoms with van der Waals surface area (Å²) in [6.45, 7) is 1.66. The first-order valence-electron chi connectivity index (χ1n) is 10.5. The number of hydrogen-bond donors (Lipinski definition) is 2. The molecule has 0 bridgehead atoms. The van der Waals surface area contributed by atoms with Crippen LogP contribution in [0.25, 0.3) is 10.8 Å². The molecule has 33 heavy (non-hydrogen) atoms. The zero-order valence-electron chi connectivity index (χ0n) is 18.4. The van der Waals surface area contributed by atoms with Gasteiger partial charge in [-0.1, -0.05) is 54.6 Å². The van der Waals surface area contributed by atoms with Gasteiger partial charge in [-0.15, -0.1) is 0 Å². The molecule has 0 aliphatic carbocycles. The molecule has 0 saturated carbocycles. The molecule has 0 aliphatic rings. The molecule has 0 saturated heterocycles. The van der Waals surface area contributed by atoms with E-state index in [1.54, 1.807) is 30.3 Å². The number of amides is 2. The summed E-state index contributed by atoms with van der Waals surface area (Å²) in [6.07, 6.45) is 0. The van der Waals surface area contributed by atoms with Crippen LogP contribution in [0.3, 0.4) is 0 Å². The Morgan fingerprint density at radius 1 is 0.758 bits per heavy atom. The summed E-state index contributed by atoms with van der Waals surface area (Å²) in [5, 5.41) is 7.52. The zero-order valence-corrected chi connectivity index (χ0v) is 18.4. The fourth-order valence-corrected chi connectivity index (χ4v) is 3.50. The zero-order chi connectivity index (χ0) is 23.2. The van der Waals surface area contributed by atoms with Crippen molar-refractivity contribution >= 4 is 34.0 Å². The van der Waals surface area contributed by atoms with E-state index < -0.39 is 0 Å². The Kier molecular flexibility index (Phi) is 6.55. The number of carbonyl (C=O) groups excluding carboxylic acids is 2. The molecule has 0 heterocycles. The Morgan fingerprint density at radius 2 is 1.39 bits per heavy atom. The highest BCUT2D eigenvalue weighted by atomic mass is 16.5. The molecule has 4 rings (SSSR count). The van der Waals surface area contributed by atoms with Crippen LogP contribution >= 0.6 is 0 Å². The number of rotatable bonds is 7. The maximum atomic E-state index is 13.1. The van der Waals surface area contributed by atoms with E-state index in [0.717, 1.165) is 22.0 Å². The summed E-state index contributed by atoms with van der Waals surface area (Å²) in [5.74, 6) is 0.206. The van der Waals surface area contributed by atoms with Crippen LogP contribution < -0.4 is 20.1 Å². The second kappa shape index (κ2) is 9.87. The smallest absolute Gasteiger partial charge is 0.262 e. The van der Waals surface area contributed by atoms with Crippen LogP contribution in [0.5, 0.6) is 11.5 Å². The first kappa shape index (κ1) is 21.9. The number of benzene rings is 4. The monoisotopic (exact) mass is 440 g/mol. The number of anilines is 2. The van der Waals surface area contributed by atoms with Crippen molar-refractivity contribution in [1.29, 1.82) is 0 Å². The molecule has 0 radical (unpaired) electrons. The second-order valence-corrected chi connectivity index (χ2v) is 7.50. The molecule has 6 nitrogen and oxygen atoms in total. The molecule has 0 unspecified atom stereocenters. The SMILES string of the molecule is COc1ccccc1NC(=O)COc1cc2ccccc2cc1C(=O)Nc1ccccc1C. The maximum absolute atomic E-state index is 13.1. The minimum absolute atomic E-state index is 0.263. The van der Waals surface area contributed by atoms with Crippen LogP contribution in [0.1, 0.15) is 15.9 Å². The van der Waals surface area contributed by atoms with Crippen LogP contribution in [-0.2, 0) is 4.79 Å². The number of nitrogens with one attached hydrogen (secondary N) is 2. The van der Waals surface area contributed by atoms with Crippen LogP contribution in [0, 0.1) is 6.92 Å². The fraction of sp³-hybridized carbons (Fsp3) is 0.111. The average Bonchev–Trinajstić information content (AvgIpc) is 2.84. The Hall–Kier alpha value is -4.32. The van der Waals surface area contributed by atoms with Crippen LogP contribution in [0.2, 0.25) is 0 Å². The van der Waals surface area contributed by atoms with Gasteiger partial charge < -0.3 is 20.1 Å². The Labute approximate surface area is 192 Å². The Bertz CT molecular complexity index is 1320. The highest BCUT2D eigenvalue weighted by molar-refractivity contribution is 6.09. The van der Waals surface area contributed by atoms with Crippen molar-refractivity contribution in [2.24, 2.45) is 0 Å². The van der Waals surface area contributed by atoms with Crippen molar-refractivity contribution in [3.8, 4) is 11.5 Å². The summed E-state index contributed by atoms with van der Waals surface area (Å²) in [4.78, 5) is 25.7. The van der Waals surface area contributed by atoms with E-state index in [1.165, 1.54) is 7.11 Å². The molecule has 0 fully saturated rings. The quantitative estimate of drug-likeness (QED) is 0.402. The summed E-state index contributed by atoms with van der Waals surface area (Å²) in [5.41, 5.74) is 2.56. The van der Waals surface area contributed by atoms with Gasteiger partial charge in [0.1, 0.15) is 11.5 Å². The maximum Gasteiger partial charge on any atom is 0.262 e. The van der Waals surface area contributed by atoms with Crippen LogP contribution in [0.15, 0.2) is 84.9 Å². The molecule has 6 heteroatoms. The highest BCUT2D eigenvalue weighted by Crippen LogP contribution is 2.28. The van der Waals surface area contributed by atoms with Gasteiger partial charge in [0.25, 0.3) is 11.8 Å². The summed E-state index contributed by atoms with van der Waals surface area (Å²) in [7, 11) is 1.54. The van der Waals surface area contributed by atoms with E-state index in [2.05, 4.69) is 10.6 Å². The van der Waals surface area contributed by atoms with Crippen LogP contribution in [0.4, 0.5) is 11.4 Å². The minimum Gasteiger partial charge on any atom is -0.495 e. The normalized spacial score (nSPS) is 10.5. The molecule has 0 atom stereocenters. The van der Waals surface area contributed by atoms with Crippen molar-refractivity contribution < 1.29 is 19.1 Å². The van der Waals surface area contributed by atoms with E-state index in [-0.39, 0.29) is 18.4 Å². The second-order valence-electron chi connectivity index (χ2n) is 7.50. The lowest BCUT2D eigenvalue weighted by molar-refractivity contribution is -0.118. The molecule has 166 valence electrons. The lowest BCUT2D eigenvalue weighted by Gasteiger charge is -2.15. The topological polar surface area (TPSA) is 76.7 Å². The number of fused-ring (bicyclic) bond motifs is 1. The lowest BCUT2D eigenvalue weighted by atomic mass is 10.0. The van der Waals surface area contributed by atoms with Gasteiger partial charge in [-0.3, -0.25) is 9.59 Å². The minimum atomic E-state index is -0.363. The highest BCUT2D eigenvalue weighted by Gasteiger charge is 2.17. The number of para-hydroxylation sites is 3. The fourth-order valence-electron chi connectivity index (χ4n) is 3.50. The van der Waals surface area contributed by atoms with Crippen molar-refractivity contribution in [2.75, 3.05) is 24.4 Å². The first-order valence-corrected chi connectivity index (χ1v) is 10.5. The standard InChI is InChI=1S/C27H24N2O4/c1-18-9-3-6-12-22(18)29-27(31)21-15-19-10-4-5-11-20(19)16-25(21)33-17-26(30)28-23-13-7-8-14-24(23)32-2/h3-16H,17H2,1-2H3,(H,28,30)(H,29,31). The van der Waals surface area contributed by atoms with Gasteiger partial charge in [-0.05, 0) is 53.6 Å². The van der Waals surface area contributed by atoms with E-state index in [9.17, 15) is 9.59 Å². The largest absolute Gasteiger partial charge is 0.495 e. The Morgan fingerprint density at radius 3 is 2.12 bits per heavy atom. The summed E-state index contributed by atoms with van der Waals surface area (Å²) >= 11 is 0. The number of methoxy groups -OCH3 is 1. The van der Waals surface area contributed by atoms with Crippen molar-refractivity contribution in [2.45, 2.75) is 6.92 Å². The lowest BCUT2D eigenvalue weighted by Crippen LogP contribution is -2.22.